The molecule has 0 aliphatic heterocycles. The van der Waals surface area contributed by atoms with Crippen LogP contribution in [0, 0.1) is 12.9 Å². The van der Waals surface area contributed by atoms with Crippen LogP contribution in [0.1, 0.15) is 36.0 Å². The van der Waals surface area contributed by atoms with E-state index < -0.39 is 6.85 Å². The van der Waals surface area contributed by atoms with E-state index in [4.69, 9.17) is 14.1 Å². The molecule has 0 bridgehead atoms. The van der Waals surface area contributed by atoms with Gasteiger partial charge in [-0.15, -0.1) is 23.8 Å². The van der Waals surface area contributed by atoms with Gasteiger partial charge in [0.15, 0.2) is 0 Å². The number of fused-ring (bicyclic) bond motifs is 1. The Bertz CT molecular complexity index is 3010. The Labute approximate surface area is 359 Å². The van der Waals surface area contributed by atoms with Crippen molar-refractivity contribution in [2.45, 2.75) is 33.0 Å². The maximum absolute atomic E-state index is 11.3. The largest absolute Gasteiger partial charge is 0.507 e. The van der Waals surface area contributed by atoms with Gasteiger partial charge in [-0.2, -0.15) is 0 Å². The summed E-state index contributed by atoms with van der Waals surface area (Å²) in [5.74, 6) is 0.771. The number of imidazole rings is 1. The smallest absolute Gasteiger partial charge is 0.148 e. The molecular weight excluding hydrogens is 890 g/mol. The van der Waals surface area contributed by atoms with Gasteiger partial charge in [-0.3, -0.25) is 9.55 Å². The van der Waals surface area contributed by atoms with Crippen molar-refractivity contribution in [2.24, 2.45) is 0 Å². The first-order valence-electron chi connectivity index (χ1n) is 20.6. The van der Waals surface area contributed by atoms with E-state index in [1.54, 1.807) is 24.4 Å². The van der Waals surface area contributed by atoms with Crippen LogP contribution in [0.5, 0.6) is 5.75 Å². The van der Waals surface area contributed by atoms with Crippen molar-refractivity contribution in [3.63, 3.8) is 0 Å². The SMILES string of the molecule is [2H]C([2H])([2H])c1ccc(-c2ccnc(-c3[c-]c(-c4cccc5c4nc(-c4ccccc4O)n5-c4ccc(-c5ccccc5)c(C(C)(C)C)c4)cc(-c4ccccc4)c3)c2)cc1.[Pt]. The second kappa shape index (κ2) is 15.9. The molecule has 286 valence electrons. The fourth-order valence-corrected chi connectivity index (χ4v) is 7.65. The second-order valence-corrected chi connectivity index (χ2v) is 15.4. The second-order valence-electron chi connectivity index (χ2n) is 15.4. The molecule has 0 spiro atoms. The summed E-state index contributed by atoms with van der Waals surface area (Å²) in [6, 6.07) is 59.8. The van der Waals surface area contributed by atoms with Gasteiger partial charge in [0.1, 0.15) is 11.6 Å². The fourth-order valence-electron chi connectivity index (χ4n) is 7.65. The summed E-state index contributed by atoms with van der Waals surface area (Å²) >= 11 is 0. The van der Waals surface area contributed by atoms with E-state index in [9.17, 15) is 5.11 Å². The summed E-state index contributed by atoms with van der Waals surface area (Å²) in [6.45, 7) is 4.54. The molecule has 0 saturated heterocycles. The molecule has 58 heavy (non-hydrogen) atoms. The minimum Gasteiger partial charge on any atom is -0.507 e. The molecule has 0 saturated carbocycles. The number of hydrogen-bond acceptors (Lipinski definition) is 3. The number of phenols is 1. The summed E-state index contributed by atoms with van der Waals surface area (Å²) in [7, 11) is 0. The van der Waals surface area contributed by atoms with Crippen LogP contribution in [-0.2, 0) is 26.5 Å². The van der Waals surface area contributed by atoms with Crippen LogP contribution < -0.4 is 0 Å². The van der Waals surface area contributed by atoms with Gasteiger partial charge in [0.2, 0.25) is 0 Å². The molecule has 9 aromatic rings. The van der Waals surface area contributed by atoms with Crippen LogP contribution in [0.4, 0.5) is 0 Å². The number of rotatable bonds is 7. The van der Waals surface area contributed by atoms with Crippen molar-refractivity contribution >= 4 is 11.0 Å². The van der Waals surface area contributed by atoms with E-state index in [0.29, 0.717) is 17.0 Å². The van der Waals surface area contributed by atoms with Crippen molar-refractivity contribution in [1.29, 1.82) is 0 Å². The van der Waals surface area contributed by atoms with Crippen LogP contribution in [-0.4, -0.2) is 19.6 Å². The molecule has 5 heteroatoms. The molecule has 2 heterocycles. The normalized spacial score (nSPS) is 12.4. The molecule has 2 aromatic heterocycles. The number of hydrogen-bond donors (Lipinski definition) is 1. The quantitative estimate of drug-likeness (QED) is 0.162. The maximum Gasteiger partial charge on any atom is 0.148 e. The summed E-state index contributed by atoms with van der Waals surface area (Å²) in [4.78, 5) is 10.2. The summed E-state index contributed by atoms with van der Waals surface area (Å²) in [6.07, 6.45) is 1.78. The predicted octanol–water partition coefficient (Wildman–Crippen LogP) is 13.5. The summed E-state index contributed by atoms with van der Waals surface area (Å²) < 4.78 is 25.6. The Balaban J connectivity index is 0.00000514. The average molecular weight is 935 g/mol. The van der Waals surface area contributed by atoms with Crippen LogP contribution in [0.2, 0.25) is 0 Å². The summed E-state index contributed by atoms with van der Waals surface area (Å²) in [5.41, 5.74) is 14.0. The summed E-state index contributed by atoms with van der Waals surface area (Å²) in [5, 5.41) is 11.3. The van der Waals surface area contributed by atoms with E-state index in [-0.39, 0.29) is 32.2 Å². The van der Waals surface area contributed by atoms with Crippen LogP contribution in [0.3, 0.4) is 0 Å². The van der Waals surface area contributed by atoms with Gasteiger partial charge in [0, 0.05) is 42.8 Å². The predicted molar refractivity (Wildman–Crippen MR) is 235 cm³/mol. The third kappa shape index (κ3) is 7.44. The number of para-hydroxylation sites is 2. The first-order chi connectivity index (χ1) is 28.9. The molecule has 9 rings (SSSR count). The Kier molecular flexibility index (Phi) is 9.55. The molecule has 0 radical (unpaired) electrons. The molecule has 1 N–H and O–H groups in total. The number of pyridine rings is 1. The van der Waals surface area contributed by atoms with Crippen molar-refractivity contribution in [2.75, 3.05) is 0 Å². The van der Waals surface area contributed by atoms with E-state index >= 15 is 0 Å². The Morgan fingerprint density at radius 3 is 1.98 bits per heavy atom. The van der Waals surface area contributed by atoms with Crippen LogP contribution in [0.15, 0.2) is 176 Å². The zero-order chi connectivity index (χ0) is 41.6. The minimum absolute atomic E-state index is 0. The van der Waals surface area contributed by atoms with Crippen molar-refractivity contribution in [3.8, 4) is 78.6 Å². The standard InChI is InChI=1S/C53H42N3O.Pt/c1-35-22-24-37(25-23-35)39-28-29-54-48(33-39)42-31-40(36-14-7-5-8-15-36)30-41(32-42)45-19-13-20-49-51(45)55-52(46-18-11-12-21-50(46)57)56(49)43-26-27-44(38-16-9-6-10-17-38)47(34-43)53(2,3)4;/h5-31,33-34,57H,1-4H3;/q-1;/i1D3;. The Hall–Kier alpha value is -6.35. The number of benzene rings is 7. The van der Waals surface area contributed by atoms with E-state index in [1.165, 1.54) is 11.1 Å². The Morgan fingerprint density at radius 2 is 1.26 bits per heavy atom. The first kappa shape index (κ1) is 34.9. The third-order valence-electron chi connectivity index (χ3n) is 10.5. The molecule has 0 amide bonds. The number of aryl methyl sites for hydroxylation is 1. The maximum atomic E-state index is 11.3. The molecule has 0 aliphatic rings. The van der Waals surface area contributed by atoms with Gasteiger partial charge in [0.25, 0.3) is 0 Å². The fraction of sp³-hybridized carbons (Fsp3) is 0.0943. The average Bonchev–Trinajstić information content (AvgIpc) is 3.66. The minimum atomic E-state index is -2.17. The van der Waals surface area contributed by atoms with Gasteiger partial charge in [-0.1, -0.05) is 164 Å². The van der Waals surface area contributed by atoms with Crippen LogP contribution >= 0.6 is 0 Å². The van der Waals surface area contributed by atoms with Gasteiger partial charge in [-0.05, 0) is 82.0 Å². The monoisotopic (exact) mass is 934 g/mol. The first-order valence-corrected chi connectivity index (χ1v) is 19.1. The number of nitrogens with zero attached hydrogens (tertiary/aromatic N) is 3. The Morgan fingerprint density at radius 1 is 0.586 bits per heavy atom. The van der Waals surface area contributed by atoms with Crippen LogP contribution in [0.25, 0.3) is 83.9 Å². The third-order valence-corrected chi connectivity index (χ3v) is 10.5. The van der Waals surface area contributed by atoms with Gasteiger partial charge in [-0.25, -0.2) is 4.98 Å². The van der Waals surface area contributed by atoms with E-state index in [0.717, 1.165) is 66.9 Å². The van der Waals surface area contributed by atoms with Crippen molar-refractivity contribution in [1.82, 2.24) is 14.5 Å². The zero-order valence-corrected chi connectivity index (χ0v) is 34.6. The molecule has 4 nitrogen and oxygen atoms in total. The molecule has 0 unspecified atom stereocenters. The van der Waals surface area contributed by atoms with Crippen molar-refractivity contribution in [3.05, 3.63) is 193 Å². The van der Waals surface area contributed by atoms with E-state index in [1.807, 2.05) is 66.7 Å². The molecular formula is C53H42N3OPt-. The number of aromatic nitrogens is 3. The van der Waals surface area contributed by atoms with Crippen molar-refractivity contribution < 1.29 is 30.3 Å². The van der Waals surface area contributed by atoms with Gasteiger partial charge in [0.05, 0.1) is 16.6 Å². The van der Waals surface area contributed by atoms with E-state index in [2.05, 4.69) is 116 Å². The molecule has 7 aromatic carbocycles. The molecule has 0 aliphatic carbocycles. The molecule has 0 atom stereocenters. The number of phenolic OH excluding ortho intramolecular Hbond substituents is 1. The molecule has 0 fully saturated rings. The topological polar surface area (TPSA) is 50.9 Å². The van der Waals surface area contributed by atoms with Gasteiger partial charge < -0.3 is 5.11 Å². The zero-order valence-electron chi connectivity index (χ0n) is 35.3. The van der Waals surface area contributed by atoms with Gasteiger partial charge >= 0.3 is 0 Å². The number of aromatic hydroxyl groups is 1.